The lowest BCUT2D eigenvalue weighted by Gasteiger charge is -2.36. The molecule has 26 heavy (non-hydrogen) atoms. The third-order valence-electron chi connectivity index (χ3n) is 3.95. The van der Waals surface area contributed by atoms with Gasteiger partial charge in [-0.15, -0.1) is 11.8 Å². The molecule has 4 nitrogen and oxygen atoms in total. The molecule has 136 valence electrons. The summed E-state index contributed by atoms with van der Waals surface area (Å²) in [4.78, 5) is 14.7. The number of nitrogens with zero attached hydrogens (tertiary/aromatic N) is 1. The molecule has 0 fully saturated rings. The molecule has 1 heterocycles. The van der Waals surface area contributed by atoms with Crippen LogP contribution in [0.2, 0.25) is 10.0 Å². The molecule has 1 unspecified atom stereocenters. The van der Waals surface area contributed by atoms with E-state index in [1.165, 1.54) is 11.8 Å². The van der Waals surface area contributed by atoms with Crippen molar-refractivity contribution in [2.75, 3.05) is 12.0 Å². The number of aliphatic carboxylic acids is 1. The molecule has 3 rings (SSSR count). The number of thioether (sulfide) groups is 1. The van der Waals surface area contributed by atoms with Gasteiger partial charge in [0.25, 0.3) is 0 Å². The summed E-state index contributed by atoms with van der Waals surface area (Å²) in [5.41, 5.74) is 1.86. The molecule has 0 amide bonds. The number of halogens is 2. The first-order chi connectivity index (χ1) is 12.4. The van der Waals surface area contributed by atoms with Gasteiger partial charge < -0.3 is 14.7 Å². The van der Waals surface area contributed by atoms with E-state index >= 15 is 0 Å². The Morgan fingerprint density at radius 1 is 1.27 bits per heavy atom. The van der Waals surface area contributed by atoms with Crippen LogP contribution in [0.1, 0.15) is 12.0 Å². The monoisotopic (exact) mass is 427 g/mol. The summed E-state index contributed by atoms with van der Waals surface area (Å²) in [6.07, 6.45) is -0.0436. The number of fused-ring (bicyclic) bond motifs is 1. The van der Waals surface area contributed by atoms with Gasteiger partial charge in [0.2, 0.25) is 0 Å². The van der Waals surface area contributed by atoms with Crippen molar-refractivity contribution in [2.45, 2.75) is 23.1 Å². The van der Waals surface area contributed by atoms with Crippen LogP contribution in [0.5, 0.6) is 5.75 Å². The molecule has 1 atom stereocenters. The molecular formula is C18H15Cl2NO3S2. The average Bonchev–Trinajstić information content (AvgIpc) is 2.60. The number of hydrogen-bond acceptors (Lipinski definition) is 4. The third kappa shape index (κ3) is 4.09. The van der Waals surface area contributed by atoms with E-state index < -0.39 is 5.97 Å². The van der Waals surface area contributed by atoms with Gasteiger partial charge in [-0.2, -0.15) is 0 Å². The van der Waals surface area contributed by atoms with Crippen molar-refractivity contribution in [2.24, 2.45) is 0 Å². The zero-order valence-electron chi connectivity index (χ0n) is 13.7. The number of hydrogen-bond donors (Lipinski definition) is 1. The van der Waals surface area contributed by atoms with Crippen molar-refractivity contribution < 1.29 is 14.6 Å². The first kappa shape index (κ1) is 19.3. The molecule has 0 spiro atoms. The van der Waals surface area contributed by atoms with Gasteiger partial charge in [-0.3, -0.25) is 4.79 Å². The van der Waals surface area contributed by atoms with Gasteiger partial charge in [-0.05, 0) is 35.9 Å². The van der Waals surface area contributed by atoms with E-state index in [1.54, 1.807) is 19.2 Å². The van der Waals surface area contributed by atoms with E-state index in [9.17, 15) is 9.90 Å². The number of carboxylic acid groups (broad SMARTS) is 1. The number of ether oxygens (including phenoxy) is 1. The molecular weight excluding hydrogens is 413 g/mol. The summed E-state index contributed by atoms with van der Waals surface area (Å²) < 4.78 is 5.29. The second-order valence-electron chi connectivity index (χ2n) is 5.71. The Hall–Kier alpha value is -1.47. The first-order valence-electron chi connectivity index (χ1n) is 7.71. The maximum absolute atomic E-state index is 11.2. The number of rotatable bonds is 5. The van der Waals surface area contributed by atoms with Crippen LogP contribution in [0.3, 0.4) is 0 Å². The van der Waals surface area contributed by atoms with Crippen LogP contribution in [-0.4, -0.2) is 28.4 Å². The highest BCUT2D eigenvalue weighted by Gasteiger charge is 2.32. The minimum atomic E-state index is -0.884. The van der Waals surface area contributed by atoms with Crippen LogP contribution in [0.15, 0.2) is 41.3 Å². The molecule has 0 aromatic heterocycles. The van der Waals surface area contributed by atoms with Gasteiger partial charge in [0.05, 0.1) is 39.5 Å². The van der Waals surface area contributed by atoms with Crippen molar-refractivity contribution in [3.05, 3.63) is 52.0 Å². The van der Waals surface area contributed by atoms with Crippen LogP contribution in [0, 0.1) is 0 Å². The van der Waals surface area contributed by atoms with E-state index in [2.05, 4.69) is 0 Å². The maximum Gasteiger partial charge on any atom is 0.304 e. The van der Waals surface area contributed by atoms with Crippen molar-refractivity contribution in [3.8, 4) is 5.75 Å². The lowest BCUT2D eigenvalue weighted by Crippen LogP contribution is -2.40. The van der Waals surface area contributed by atoms with Crippen molar-refractivity contribution >= 4 is 63.8 Å². The molecule has 1 aliphatic heterocycles. The van der Waals surface area contributed by atoms with E-state index in [0.29, 0.717) is 27.3 Å². The standard InChI is InChI=1S/C18H15Cl2NO3S2/c1-24-11-3-5-14-15(7-11)26-16(8-17(22)23)18(25)21(14)9-10-2-4-12(19)13(20)6-10/h2-7,16H,8-9H2,1H3,(H,22,23). The van der Waals surface area contributed by atoms with Gasteiger partial charge >= 0.3 is 5.97 Å². The number of carboxylic acids is 1. The Labute approximate surface area is 171 Å². The summed E-state index contributed by atoms with van der Waals surface area (Å²) in [5, 5.41) is 9.86. The Morgan fingerprint density at radius 3 is 2.69 bits per heavy atom. The molecule has 0 saturated carbocycles. The van der Waals surface area contributed by atoms with Crippen LogP contribution < -0.4 is 9.64 Å². The Kier molecular flexibility index (Phi) is 5.97. The van der Waals surface area contributed by atoms with E-state index in [-0.39, 0.29) is 11.7 Å². The van der Waals surface area contributed by atoms with E-state index in [0.717, 1.165) is 16.1 Å². The SMILES string of the molecule is COc1ccc2c(c1)SC(CC(=O)O)C(=S)N2Cc1ccc(Cl)c(Cl)c1. The van der Waals surface area contributed by atoms with Gasteiger partial charge in [-0.1, -0.05) is 41.5 Å². The van der Waals surface area contributed by atoms with Gasteiger partial charge in [0, 0.05) is 11.4 Å². The Morgan fingerprint density at radius 2 is 2.04 bits per heavy atom. The summed E-state index contributed by atoms with van der Waals surface area (Å²) >= 11 is 19.2. The minimum Gasteiger partial charge on any atom is -0.497 e. The van der Waals surface area contributed by atoms with Gasteiger partial charge in [0.15, 0.2) is 0 Å². The smallest absolute Gasteiger partial charge is 0.304 e. The molecule has 2 aromatic carbocycles. The van der Waals surface area contributed by atoms with E-state index in [1.807, 2.05) is 29.2 Å². The van der Waals surface area contributed by atoms with Crippen molar-refractivity contribution in [1.82, 2.24) is 0 Å². The average molecular weight is 428 g/mol. The lowest BCUT2D eigenvalue weighted by molar-refractivity contribution is -0.136. The predicted octanol–water partition coefficient (Wildman–Crippen LogP) is 5.29. The Balaban J connectivity index is 1.99. The summed E-state index contributed by atoms with van der Waals surface area (Å²) in [7, 11) is 1.60. The highest BCUT2D eigenvalue weighted by Crippen LogP contribution is 2.43. The number of anilines is 1. The van der Waals surface area contributed by atoms with Crippen LogP contribution in [0.25, 0.3) is 0 Å². The Bertz CT molecular complexity index is 876. The first-order valence-corrected chi connectivity index (χ1v) is 9.75. The molecule has 1 aliphatic rings. The van der Waals surface area contributed by atoms with Crippen LogP contribution in [-0.2, 0) is 11.3 Å². The van der Waals surface area contributed by atoms with Gasteiger partial charge in [-0.25, -0.2) is 0 Å². The molecule has 1 N–H and O–H groups in total. The van der Waals surface area contributed by atoms with Crippen LogP contribution >= 0.6 is 47.2 Å². The fourth-order valence-corrected chi connectivity index (χ4v) is 4.66. The number of thiocarbonyl (C=S) groups is 1. The lowest BCUT2D eigenvalue weighted by atomic mass is 10.1. The molecule has 0 bridgehead atoms. The summed E-state index contributed by atoms with van der Waals surface area (Å²) in [6.45, 7) is 0.478. The highest BCUT2D eigenvalue weighted by molar-refractivity contribution is 8.02. The summed E-state index contributed by atoms with van der Waals surface area (Å²) in [6, 6.07) is 11.1. The predicted molar refractivity (Wildman–Crippen MR) is 110 cm³/mol. The van der Waals surface area contributed by atoms with Crippen molar-refractivity contribution in [1.29, 1.82) is 0 Å². The third-order valence-corrected chi connectivity index (χ3v) is 6.60. The normalized spacial score (nSPS) is 16.3. The zero-order chi connectivity index (χ0) is 18.8. The van der Waals surface area contributed by atoms with Crippen molar-refractivity contribution in [3.63, 3.8) is 0 Å². The topological polar surface area (TPSA) is 49.8 Å². The summed E-state index contributed by atoms with van der Waals surface area (Å²) in [5.74, 6) is -0.168. The highest BCUT2D eigenvalue weighted by atomic mass is 35.5. The molecule has 0 radical (unpaired) electrons. The molecule has 2 aromatic rings. The fraction of sp³-hybridized carbons (Fsp3) is 0.222. The number of carbonyl (C=O) groups is 1. The minimum absolute atomic E-state index is 0.0436. The largest absolute Gasteiger partial charge is 0.497 e. The maximum atomic E-state index is 11.2. The number of methoxy groups -OCH3 is 1. The second kappa shape index (κ2) is 8.05. The zero-order valence-corrected chi connectivity index (χ0v) is 16.9. The molecule has 0 aliphatic carbocycles. The van der Waals surface area contributed by atoms with E-state index in [4.69, 9.17) is 40.2 Å². The van der Waals surface area contributed by atoms with Crippen LogP contribution in [0.4, 0.5) is 5.69 Å². The number of benzene rings is 2. The quantitative estimate of drug-likeness (QED) is 0.654. The fourth-order valence-electron chi connectivity index (χ4n) is 2.71. The van der Waals surface area contributed by atoms with Gasteiger partial charge in [0.1, 0.15) is 5.75 Å². The molecule has 8 heteroatoms. The molecule has 0 saturated heterocycles. The second-order valence-corrected chi connectivity index (χ2v) is 8.19.